The van der Waals surface area contributed by atoms with E-state index in [9.17, 15) is 13.6 Å². The highest BCUT2D eigenvalue weighted by atomic mass is 19.2. The number of halogens is 2. The zero-order valence-corrected chi connectivity index (χ0v) is 12.3. The van der Waals surface area contributed by atoms with Gasteiger partial charge in [0.2, 0.25) is 0 Å². The minimum atomic E-state index is -0.918. The van der Waals surface area contributed by atoms with Crippen LogP contribution in [-0.2, 0) is 4.74 Å². The molecule has 0 aliphatic carbocycles. The van der Waals surface area contributed by atoms with E-state index in [1.165, 1.54) is 12.3 Å². The van der Waals surface area contributed by atoms with Crippen LogP contribution in [0.4, 0.5) is 14.5 Å². The highest BCUT2D eigenvalue weighted by Crippen LogP contribution is 2.20. The van der Waals surface area contributed by atoms with Gasteiger partial charge in [-0.15, -0.1) is 0 Å². The van der Waals surface area contributed by atoms with Gasteiger partial charge >= 0.3 is 5.97 Å². The lowest BCUT2D eigenvalue weighted by atomic mass is 10.1. The average Bonchev–Trinajstić information content (AvgIpc) is 2.49. The lowest BCUT2D eigenvalue weighted by Crippen LogP contribution is -2.04. The minimum Gasteiger partial charge on any atom is -0.462 e. The molecule has 0 unspecified atom stereocenters. The lowest BCUT2D eigenvalue weighted by Gasteiger charge is -2.05. The zero-order valence-electron chi connectivity index (χ0n) is 12.3. The van der Waals surface area contributed by atoms with E-state index in [4.69, 9.17) is 4.74 Å². The van der Waals surface area contributed by atoms with Crippen molar-refractivity contribution in [2.75, 3.05) is 6.61 Å². The number of carbonyl (C=O) groups is 1. The molecule has 0 aliphatic rings. The standard InChI is InChI=1S/C17H15F2NO2/c1-3-22-17(21)13-5-7-16(11(2)8-13)20-10-12-4-6-14(18)15(19)9-12/h4-10H,3H2,1-2H3. The summed E-state index contributed by atoms with van der Waals surface area (Å²) in [6, 6.07) is 8.52. The molecule has 0 saturated heterocycles. The molecule has 0 aliphatic heterocycles. The van der Waals surface area contributed by atoms with Crippen LogP contribution >= 0.6 is 0 Å². The van der Waals surface area contributed by atoms with Crippen molar-refractivity contribution in [3.63, 3.8) is 0 Å². The number of benzene rings is 2. The molecule has 3 nitrogen and oxygen atoms in total. The van der Waals surface area contributed by atoms with E-state index in [-0.39, 0.29) is 5.97 Å². The molecular formula is C17H15F2NO2. The molecule has 22 heavy (non-hydrogen) atoms. The first-order valence-electron chi connectivity index (χ1n) is 6.78. The van der Waals surface area contributed by atoms with Crippen LogP contribution in [0.25, 0.3) is 0 Å². The monoisotopic (exact) mass is 303 g/mol. The summed E-state index contributed by atoms with van der Waals surface area (Å²) < 4.78 is 30.9. The first-order valence-corrected chi connectivity index (χ1v) is 6.78. The Morgan fingerprint density at radius 3 is 2.59 bits per heavy atom. The number of aryl methyl sites for hydroxylation is 1. The summed E-state index contributed by atoms with van der Waals surface area (Å²) in [6.07, 6.45) is 1.44. The van der Waals surface area contributed by atoms with Gasteiger partial charge in [0, 0.05) is 6.21 Å². The fraction of sp³-hybridized carbons (Fsp3) is 0.176. The van der Waals surface area contributed by atoms with Crippen molar-refractivity contribution in [2.24, 2.45) is 4.99 Å². The van der Waals surface area contributed by atoms with E-state index in [1.54, 1.807) is 32.0 Å². The summed E-state index contributed by atoms with van der Waals surface area (Å²) in [5.41, 5.74) is 2.32. The summed E-state index contributed by atoms with van der Waals surface area (Å²) in [6.45, 7) is 3.86. The molecule has 2 aromatic rings. The molecule has 114 valence electrons. The predicted molar refractivity (Wildman–Crippen MR) is 80.7 cm³/mol. The van der Waals surface area contributed by atoms with Crippen molar-refractivity contribution in [3.05, 3.63) is 64.7 Å². The Labute approximate surface area is 127 Å². The van der Waals surface area contributed by atoms with E-state index in [1.807, 2.05) is 0 Å². The fourth-order valence-electron chi connectivity index (χ4n) is 1.88. The summed E-state index contributed by atoms with van der Waals surface area (Å²) in [4.78, 5) is 15.8. The summed E-state index contributed by atoms with van der Waals surface area (Å²) >= 11 is 0. The van der Waals surface area contributed by atoms with Crippen molar-refractivity contribution in [1.29, 1.82) is 0 Å². The molecule has 0 aromatic heterocycles. The number of rotatable bonds is 4. The maximum atomic E-state index is 13.1. The van der Waals surface area contributed by atoms with Gasteiger partial charge in [0.15, 0.2) is 11.6 Å². The van der Waals surface area contributed by atoms with Crippen molar-refractivity contribution in [3.8, 4) is 0 Å². The summed E-state index contributed by atoms with van der Waals surface area (Å²) in [5.74, 6) is -2.20. The van der Waals surface area contributed by atoms with Gasteiger partial charge in [-0.05, 0) is 55.3 Å². The van der Waals surface area contributed by atoms with Crippen LogP contribution in [0.15, 0.2) is 41.4 Å². The maximum Gasteiger partial charge on any atom is 0.338 e. The quantitative estimate of drug-likeness (QED) is 0.627. The molecule has 0 atom stereocenters. The molecule has 0 bridgehead atoms. The van der Waals surface area contributed by atoms with Gasteiger partial charge < -0.3 is 4.74 Å². The molecule has 0 radical (unpaired) electrons. The van der Waals surface area contributed by atoms with Crippen molar-refractivity contribution >= 4 is 17.9 Å². The van der Waals surface area contributed by atoms with Gasteiger partial charge in [0.25, 0.3) is 0 Å². The van der Waals surface area contributed by atoms with Gasteiger partial charge in [-0.25, -0.2) is 13.6 Å². The second-order valence-corrected chi connectivity index (χ2v) is 4.65. The molecule has 0 N–H and O–H groups in total. The molecule has 2 rings (SSSR count). The highest BCUT2D eigenvalue weighted by molar-refractivity contribution is 5.90. The number of nitrogens with zero attached hydrogens (tertiary/aromatic N) is 1. The number of hydrogen-bond acceptors (Lipinski definition) is 3. The second-order valence-electron chi connectivity index (χ2n) is 4.65. The Kier molecular flexibility index (Phi) is 4.99. The number of ether oxygens (including phenoxy) is 1. The Morgan fingerprint density at radius 1 is 1.18 bits per heavy atom. The van der Waals surface area contributed by atoms with Crippen LogP contribution in [-0.4, -0.2) is 18.8 Å². The molecule has 0 spiro atoms. The van der Waals surface area contributed by atoms with Crippen LogP contribution in [0.1, 0.15) is 28.4 Å². The van der Waals surface area contributed by atoms with E-state index in [0.29, 0.717) is 23.4 Å². The van der Waals surface area contributed by atoms with Crippen molar-refractivity contribution < 1.29 is 18.3 Å². The normalized spacial score (nSPS) is 10.9. The van der Waals surface area contributed by atoms with Crippen LogP contribution in [0, 0.1) is 18.6 Å². The topological polar surface area (TPSA) is 38.7 Å². The van der Waals surface area contributed by atoms with Crippen LogP contribution in [0.2, 0.25) is 0 Å². The van der Waals surface area contributed by atoms with E-state index in [2.05, 4.69) is 4.99 Å². The summed E-state index contributed by atoms with van der Waals surface area (Å²) in [5, 5.41) is 0. The average molecular weight is 303 g/mol. The van der Waals surface area contributed by atoms with Crippen molar-refractivity contribution in [1.82, 2.24) is 0 Å². The molecule has 0 saturated carbocycles. The van der Waals surface area contributed by atoms with Gasteiger partial charge in [0.1, 0.15) is 0 Å². The Balaban J connectivity index is 2.20. The maximum absolute atomic E-state index is 13.1. The minimum absolute atomic E-state index is 0.313. The Bertz CT molecular complexity index is 727. The molecule has 0 amide bonds. The van der Waals surface area contributed by atoms with Crippen LogP contribution in [0.3, 0.4) is 0 Å². The van der Waals surface area contributed by atoms with Crippen LogP contribution in [0.5, 0.6) is 0 Å². The Morgan fingerprint density at radius 2 is 1.95 bits per heavy atom. The number of hydrogen-bond donors (Lipinski definition) is 0. The fourth-order valence-corrected chi connectivity index (χ4v) is 1.88. The molecule has 0 heterocycles. The Hall–Kier alpha value is -2.56. The third-order valence-electron chi connectivity index (χ3n) is 3.00. The number of aliphatic imine (C=N–C) groups is 1. The molecular weight excluding hydrogens is 288 g/mol. The van der Waals surface area contributed by atoms with Gasteiger partial charge in [-0.1, -0.05) is 6.07 Å². The zero-order chi connectivity index (χ0) is 16.1. The van der Waals surface area contributed by atoms with E-state index in [0.717, 1.165) is 17.7 Å². The van der Waals surface area contributed by atoms with Gasteiger partial charge in [-0.2, -0.15) is 0 Å². The van der Waals surface area contributed by atoms with Gasteiger partial charge in [-0.3, -0.25) is 4.99 Å². The first kappa shape index (κ1) is 15.8. The molecule has 0 fully saturated rings. The molecule has 5 heteroatoms. The van der Waals surface area contributed by atoms with Gasteiger partial charge in [0.05, 0.1) is 17.9 Å². The second kappa shape index (κ2) is 6.93. The lowest BCUT2D eigenvalue weighted by molar-refractivity contribution is 0.0526. The van der Waals surface area contributed by atoms with E-state index >= 15 is 0 Å². The third-order valence-corrected chi connectivity index (χ3v) is 3.00. The largest absolute Gasteiger partial charge is 0.462 e. The molecule has 2 aromatic carbocycles. The summed E-state index contributed by atoms with van der Waals surface area (Å²) in [7, 11) is 0. The third kappa shape index (κ3) is 3.75. The smallest absolute Gasteiger partial charge is 0.338 e. The first-order chi connectivity index (χ1) is 10.5. The van der Waals surface area contributed by atoms with Crippen molar-refractivity contribution in [2.45, 2.75) is 13.8 Å². The predicted octanol–water partition coefficient (Wildman–Crippen LogP) is 4.20. The number of carbonyl (C=O) groups excluding carboxylic acids is 1. The van der Waals surface area contributed by atoms with E-state index < -0.39 is 11.6 Å². The van der Waals surface area contributed by atoms with Crippen LogP contribution < -0.4 is 0 Å². The number of esters is 1. The SMILES string of the molecule is CCOC(=O)c1ccc(N=Cc2ccc(F)c(F)c2)c(C)c1. The highest BCUT2D eigenvalue weighted by Gasteiger charge is 2.08.